The van der Waals surface area contributed by atoms with Gasteiger partial charge in [-0.2, -0.15) is 0 Å². The Balaban J connectivity index is 1.99. The lowest BCUT2D eigenvalue weighted by molar-refractivity contribution is -0.0405. The summed E-state index contributed by atoms with van der Waals surface area (Å²) in [5.41, 5.74) is 0. The molecule has 0 amide bonds. The summed E-state index contributed by atoms with van der Waals surface area (Å²) < 4.78 is -3.16. The smallest absolute Gasteiger partial charge is 0.115 e. The van der Waals surface area contributed by atoms with E-state index < -0.39 is 49.7 Å². The standard InChI is InChI=1S/C10H2Cl10/c11-3-1-4(12)2(3)6(14)7(15,9(3,17)18)5(1,13)8(6,16)10(4,19)20/h1-2H. The van der Waals surface area contributed by atoms with Crippen LogP contribution in [0.4, 0.5) is 0 Å². The molecule has 4 bridgehead atoms. The molecule has 0 aromatic carbocycles. The zero-order chi connectivity index (χ0) is 15.2. The number of hydrogen-bond acceptors (Lipinski definition) is 0. The van der Waals surface area contributed by atoms with Gasteiger partial charge < -0.3 is 0 Å². The van der Waals surface area contributed by atoms with Gasteiger partial charge in [0.2, 0.25) is 0 Å². The molecule has 20 heavy (non-hydrogen) atoms. The Labute approximate surface area is 164 Å². The molecule has 0 saturated heterocycles. The van der Waals surface area contributed by atoms with Gasteiger partial charge in [0, 0.05) is 11.8 Å². The van der Waals surface area contributed by atoms with Gasteiger partial charge in [-0.15, -0.1) is 69.6 Å². The molecule has 0 unspecified atom stereocenters. The third-order valence-corrected chi connectivity index (χ3v) is 14.6. The van der Waals surface area contributed by atoms with Crippen molar-refractivity contribution in [3.63, 3.8) is 0 Å². The minimum atomic E-state index is -1.58. The van der Waals surface area contributed by atoms with Crippen LogP contribution in [0.1, 0.15) is 0 Å². The maximum Gasteiger partial charge on any atom is 0.160 e. The van der Waals surface area contributed by atoms with E-state index in [-0.39, 0.29) is 0 Å². The highest BCUT2D eigenvalue weighted by Crippen LogP contribution is 3.09. The maximum atomic E-state index is 6.78. The predicted molar refractivity (Wildman–Crippen MR) is 87.4 cm³/mol. The van der Waals surface area contributed by atoms with E-state index in [9.17, 15) is 0 Å². The Morgan fingerprint density at radius 2 is 0.700 bits per heavy atom. The molecule has 0 nitrogen and oxygen atoms in total. The van der Waals surface area contributed by atoms with Gasteiger partial charge in [0.05, 0.1) is 19.5 Å². The third kappa shape index (κ3) is 0.673. The van der Waals surface area contributed by atoms with Crippen molar-refractivity contribution in [3.8, 4) is 0 Å². The van der Waals surface area contributed by atoms with Crippen LogP contribution in [0.25, 0.3) is 0 Å². The summed E-state index contributed by atoms with van der Waals surface area (Å²) in [7, 11) is 0. The van der Waals surface area contributed by atoms with Crippen molar-refractivity contribution < 1.29 is 0 Å². The first kappa shape index (κ1) is 15.2. The van der Waals surface area contributed by atoms with E-state index in [1.807, 2.05) is 0 Å². The highest BCUT2D eigenvalue weighted by atomic mass is 35.5. The van der Waals surface area contributed by atoms with Crippen LogP contribution in [0.15, 0.2) is 0 Å². The monoisotopic (exact) mass is 472 g/mol. The van der Waals surface area contributed by atoms with Crippen LogP contribution in [0.3, 0.4) is 0 Å². The molecular weight excluding hydrogens is 475 g/mol. The number of hydrogen-bond donors (Lipinski definition) is 0. The van der Waals surface area contributed by atoms with Gasteiger partial charge in [0.1, 0.15) is 9.75 Å². The summed E-state index contributed by atoms with van der Waals surface area (Å²) >= 11 is 66.3. The third-order valence-electron chi connectivity index (χ3n) is 6.31. The van der Waals surface area contributed by atoms with Crippen LogP contribution in [0.2, 0.25) is 0 Å². The van der Waals surface area contributed by atoms with Crippen LogP contribution in [-0.4, -0.2) is 37.9 Å². The average Bonchev–Trinajstić information content (AvgIpc) is 2.54. The summed E-state index contributed by atoms with van der Waals surface area (Å²) in [4.78, 5) is -8.07. The van der Waals surface area contributed by atoms with E-state index in [1.165, 1.54) is 0 Å². The van der Waals surface area contributed by atoms with Gasteiger partial charge in [0.15, 0.2) is 8.67 Å². The van der Waals surface area contributed by atoms with Crippen LogP contribution in [0.5, 0.6) is 0 Å². The molecule has 6 aliphatic carbocycles. The molecule has 0 aliphatic heterocycles. The van der Waals surface area contributed by atoms with Gasteiger partial charge in [0.25, 0.3) is 0 Å². The zero-order valence-corrected chi connectivity index (χ0v) is 16.5. The highest BCUT2D eigenvalue weighted by Gasteiger charge is 3.23. The van der Waals surface area contributed by atoms with Gasteiger partial charge in [-0.3, -0.25) is 0 Å². The van der Waals surface area contributed by atoms with E-state index in [0.29, 0.717) is 0 Å². The second-order valence-corrected chi connectivity index (χ2v) is 12.5. The fourth-order valence-corrected chi connectivity index (χ4v) is 13.8. The lowest BCUT2D eigenvalue weighted by Crippen LogP contribution is -2.93. The number of rotatable bonds is 0. The van der Waals surface area contributed by atoms with Crippen molar-refractivity contribution in [2.75, 3.05) is 0 Å². The molecule has 6 rings (SSSR count). The van der Waals surface area contributed by atoms with Crippen molar-refractivity contribution >= 4 is 116 Å². The Morgan fingerprint density at radius 3 is 0.950 bits per heavy atom. The minimum absolute atomic E-state index is 0.641. The van der Waals surface area contributed by atoms with E-state index in [1.54, 1.807) is 0 Å². The van der Waals surface area contributed by atoms with Crippen LogP contribution >= 0.6 is 116 Å². The molecule has 0 aromatic heterocycles. The van der Waals surface area contributed by atoms with E-state index in [4.69, 9.17) is 116 Å². The summed E-state index contributed by atoms with van der Waals surface area (Å²) in [5.74, 6) is -1.28. The van der Waals surface area contributed by atoms with Crippen molar-refractivity contribution in [3.05, 3.63) is 0 Å². The van der Waals surface area contributed by atoms with Gasteiger partial charge in [-0.25, -0.2) is 0 Å². The van der Waals surface area contributed by atoms with E-state index in [2.05, 4.69) is 0 Å². The van der Waals surface area contributed by atoms with Crippen LogP contribution in [0, 0.1) is 11.8 Å². The largest absolute Gasteiger partial charge is 0.160 e. The second kappa shape index (κ2) is 2.95. The quantitative estimate of drug-likeness (QED) is 0.405. The molecule has 6 fully saturated rings. The molecule has 112 valence electrons. The van der Waals surface area contributed by atoms with E-state index >= 15 is 0 Å². The predicted octanol–water partition coefficient (Wildman–Crippen LogP) is 5.50. The molecule has 0 radical (unpaired) electrons. The van der Waals surface area contributed by atoms with Crippen LogP contribution in [-0.2, 0) is 0 Å². The fourth-order valence-electron chi connectivity index (χ4n) is 5.91. The molecule has 0 N–H and O–H groups in total. The molecule has 0 aromatic rings. The van der Waals surface area contributed by atoms with Crippen molar-refractivity contribution in [2.45, 2.75) is 37.9 Å². The minimum Gasteiger partial charge on any atom is -0.115 e. The van der Waals surface area contributed by atoms with Crippen molar-refractivity contribution in [2.24, 2.45) is 11.8 Å². The summed E-state index contributed by atoms with van der Waals surface area (Å²) in [6.07, 6.45) is 0. The SMILES string of the molecule is ClC12C3C4(Cl)C1C1(Cl)C(Cl)(C2(Cl)Cl)C3(Cl)C1(Cl)C4(Cl)Cl. The molecule has 0 spiro atoms. The maximum absolute atomic E-state index is 6.78. The Hall–Kier alpha value is 2.90. The lowest BCUT2D eigenvalue weighted by Gasteiger charge is -2.75. The first-order valence-corrected chi connectivity index (χ1v) is 9.40. The molecule has 10 heteroatoms. The second-order valence-electron chi connectivity index (χ2n) is 6.29. The molecule has 0 atom stereocenters. The molecular formula is C10H2Cl10. The topological polar surface area (TPSA) is 0 Å². The lowest BCUT2D eigenvalue weighted by atomic mass is 9.42. The summed E-state index contributed by atoms with van der Waals surface area (Å²) in [6.45, 7) is 0. The van der Waals surface area contributed by atoms with Gasteiger partial charge >= 0.3 is 0 Å². The van der Waals surface area contributed by atoms with Gasteiger partial charge in [-0.05, 0) is 0 Å². The van der Waals surface area contributed by atoms with Crippen molar-refractivity contribution in [1.29, 1.82) is 0 Å². The number of halogens is 10. The van der Waals surface area contributed by atoms with Crippen molar-refractivity contribution in [1.82, 2.24) is 0 Å². The molecule has 6 saturated carbocycles. The Kier molecular flexibility index (Phi) is 2.24. The summed E-state index contributed by atoms with van der Waals surface area (Å²) in [5, 5.41) is 0. The fraction of sp³-hybridized carbons (Fsp3) is 1.00. The first-order valence-electron chi connectivity index (χ1n) is 5.62. The molecule has 6 aliphatic rings. The Bertz CT molecular complexity index is 552. The Morgan fingerprint density at radius 1 is 0.450 bits per heavy atom. The molecule has 0 heterocycles. The number of alkyl halides is 10. The normalized spacial score (nSPS) is 79.5. The first-order chi connectivity index (χ1) is 8.73. The van der Waals surface area contributed by atoms with Gasteiger partial charge in [-0.1, -0.05) is 46.4 Å². The highest BCUT2D eigenvalue weighted by molar-refractivity contribution is 6.74. The summed E-state index contributed by atoms with van der Waals surface area (Å²) in [6, 6.07) is 0. The average molecular weight is 477 g/mol. The van der Waals surface area contributed by atoms with Crippen LogP contribution < -0.4 is 0 Å². The zero-order valence-electron chi connectivity index (χ0n) is 8.93. The van der Waals surface area contributed by atoms with E-state index in [0.717, 1.165) is 0 Å².